The molecule has 1 unspecified atom stereocenters. The highest BCUT2D eigenvalue weighted by molar-refractivity contribution is 5.99. The van der Waals surface area contributed by atoms with Gasteiger partial charge < -0.3 is 15.3 Å². The average molecular weight is 248 g/mol. The molecule has 1 aromatic carbocycles. The lowest BCUT2D eigenvalue weighted by Gasteiger charge is -2.23. The molecule has 1 atom stereocenters. The number of benzene rings is 1. The number of aromatic hydroxyl groups is 1. The predicted octanol–water partition coefficient (Wildman–Crippen LogP) is 0.743. The number of carbonyl (C=O) groups is 2. The molecule has 96 valence electrons. The Morgan fingerprint density at radius 3 is 2.78 bits per heavy atom. The number of rotatable bonds is 2. The molecule has 1 fully saturated rings. The molecule has 0 saturated carbocycles. The smallest absolute Gasteiger partial charge is 0.258 e. The lowest BCUT2D eigenvalue weighted by Crippen LogP contribution is -2.44. The van der Waals surface area contributed by atoms with Gasteiger partial charge in [-0.2, -0.15) is 0 Å². The van der Waals surface area contributed by atoms with Crippen molar-refractivity contribution in [3.8, 4) is 5.75 Å². The third-order valence-corrected chi connectivity index (χ3v) is 3.20. The molecule has 0 spiro atoms. The summed E-state index contributed by atoms with van der Waals surface area (Å²) in [6, 6.07) is 5.96. The van der Waals surface area contributed by atoms with E-state index in [4.69, 9.17) is 0 Å². The van der Waals surface area contributed by atoms with Crippen LogP contribution in [0.4, 0.5) is 0 Å². The van der Waals surface area contributed by atoms with Crippen LogP contribution < -0.4 is 5.32 Å². The lowest BCUT2D eigenvalue weighted by molar-refractivity contribution is -0.124. The molecule has 0 radical (unpaired) electrons. The second kappa shape index (κ2) is 5.08. The molecule has 1 aromatic rings. The van der Waals surface area contributed by atoms with Gasteiger partial charge in [-0.25, -0.2) is 0 Å². The first-order valence-corrected chi connectivity index (χ1v) is 5.95. The van der Waals surface area contributed by atoms with E-state index < -0.39 is 6.04 Å². The van der Waals surface area contributed by atoms with E-state index in [1.165, 1.54) is 11.0 Å². The SMILES string of the molecule is CNC(=O)C1CCCN1C(=O)c1ccccc1O. The highest BCUT2D eigenvalue weighted by Gasteiger charge is 2.34. The number of carbonyl (C=O) groups excluding carboxylic acids is 2. The van der Waals surface area contributed by atoms with Gasteiger partial charge in [0.15, 0.2) is 0 Å². The van der Waals surface area contributed by atoms with E-state index in [1.54, 1.807) is 25.2 Å². The normalized spacial score (nSPS) is 18.7. The number of nitrogens with zero attached hydrogens (tertiary/aromatic N) is 1. The van der Waals surface area contributed by atoms with E-state index in [9.17, 15) is 14.7 Å². The zero-order valence-electron chi connectivity index (χ0n) is 10.2. The Hall–Kier alpha value is -2.04. The van der Waals surface area contributed by atoms with Gasteiger partial charge in [-0.05, 0) is 25.0 Å². The molecule has 0 bridgehead atoms. The first kappa shape index (κ1) is 12.4. The summed E-state index contributed by atoms with van der Waals surface area (Å²) in [5.74, 6) is -0.500. The van der Waals surface area contributed by atoms with Crippen LogP contribution >= 0.6 is 0 Å². The number of likely N-dealkylation sites (tertiary alicyclic amines) is 1. The molecule has 2 N–H and O–H groups in total. The van der Waals surface area contributed by atoms with Crippen molar-refractivity contribution in [1.29, 1.82) is 0 Å². The Balaban J connectivity index is 2.23. The zero-order chi connectivity index (χ0) is 13.1. The molecule has 1 saturated heterocycles. The molecule has 0 aliphatic carbocycles. The Morgan fingerprint density at radius 1 is 1.39 bits per heavy atom. The van der Waals surface area contributed by atoms with Crippen LogP contribution in [-0.4, -0.2) is 41.5 Å². The number of para-hydroxylation sites is 1. The number of phenols is 1. The van der Waals surface area contributed by atoms with Crippen LogP contribution in [0, 0.1) is 0 Å². The number of amides is 2. The summed E-state index contributed by atoms with van der Waals surface area (Å²) >= 11 is 0. The van der Waals surface area contributed by atoms with Gasteiger partial charge in [-0.1, -0.05) is 12.1 Å². The Kier molecular flexibility index (Phi) is 3.50. The number of hydrogen-bond acceptors (Lipinski definition) is 3. The Morgan fingerprint density at radius 2 is 2.11 bits per heavy atom. The number of hydrogen-bond donors (Lipinski definition) is 2. The first-order chi connectivity index (χ1) is 8.65. The van der Waals surface area contributed by atoms with Crippen molar-refractivity contribution in [3.63, 3.8) is 0 Å². The van der Waals surface area contributed by atoms with Gasteiger partial charge in [-0.3, -0.25) is 9.59 Å². The number of nitrogens with one attached hydrogen (secondary N) is 1. The summed E-state index contributed by atoms with van der Waals surface area (Å²) in [7, 11) is 1.56. The molecule has 1 aliphatic heterocycles. The third kappa shape index (κ3) is 2.16. The molecule has 5 nitrogen and oxygen atoms in total. The Labute approximate surface area is 105 Å². The lowest BCUT2D eigenvalue weighted by atomic mass is 10.1. The second-order valence-electron chi connectivity index (χ2n) is 4.29. The fourth-order valence-electron chi connectivity index (χ4n) is 2.26. The molecule has 18 heavy (non-hydrogen) atoms. The van der Waals surface area contributed by atoms with Crippen LogP contribution in [0.5, 0.6) is 5.75 Å². The molecule has 2 amide bonds. The first-order valence-electron chi connectivity index (χ1n) is 5.95. The minimum Gasteiger partial charge on any atom is -0.507 e. The van der Waals surface area contributed by atoms with Crippen molar-refractivity contribution in [2.45, 2.75) is 18.9 Å². The van der Waals surface area contributed by atoms with Gasteiger partial charge in [0.25, 0.3) is 5.91 Å². The minimum atomic E-state index is -0.429. The van der Waals surface area contributed by atoms with Gasteiger partial charge in [0.05, 0.1) is 5.56 Å². The van der Waals surface area contributed by atoms with Crippen LogP contribution in [0.3, 0.4) is 0 Å². The van der Waals surface area contributed by atoms with Crippen molar-refractivity contribution in [2.24, 2.45) is 0 Å². The average Bonchev–Trinajstić information content (AvgIpc) is 2.86. The minimum absolute atomic E-state index is 0.0509. The molecule has 1 heterocycles. The number of likely N-dealkylation sites (N-methyl/N-ethyl adjacent to an activating group) is 1. The van der Waals surface area contributed by atoms with Crippen LogP contribution in [0.2, 0.25) is 0 Å². The van der Waals surface area contributed by atoms with Crippen molar-refractivity contribution < 1.29 is 14.7 Å². The van der Waals surface area contributed by atoms with E-state index in [0.29, 0.717) is 13.0 Å². The van der Waals surface area contributed by atoms with E-state index in [2.05, 4.69) is 5.32 Å². The quantitative estimate of drug-likeness (QED) is 0.811. The molecule has 2 rings (SSSR count). The van der Waals surface area contributed by atoms with E-state index in [1.807, 2.05) is 0 Å². The standard InChI is InChI=1S/C13H16N2O3/c1-14-12(17)10-6-4-8-15(10)13(18)9-5-2-3-7-11(9)16/h2-3,5,7,10,16H,4,6,8H2,1H3,(H,14,17). The van der Waals surface area contributed by atoms with Gasteiger partial charge >= 0.3 is 0 Å². The second-order valence-corrected chi connectivity index (χ2v) is 4.29. The van der Waals surface area contributed by atoms with Gasteiger partial charge in [0.1, 0.15) is 11.8 Å². The predicted molar refractivity (Wildman–Crippen MR) is 66.2 cm³/mol. The van der Waals surface area contributed by atoms with Crippen LogP contribution in [-0.2, 0) is 4.79 Å². The monoisotopic (exact) mass is 248 g/mol. The fourth-order valence-corrected chi connectivity index (χ4v) is 2.26. The van der Waals surface area contributed by atoms with Gasteiger partial charge in [-0.15, -0.1) is 0 Å². The number of phenolic OH excluding ortho intramolecular Hbond substituents is 1. The maximum Gasteiger partial charge on any atom is 0.258 e. The van der Waals surface area contributed by atoms with Gasteiger partial charge in [0, 0.05) is 13.6 Å². The largest absolute Gasteiger partial charge is 0.507 e. The van der Waals surface area contributed by atoms with Crippen LogP contribution in [0.15, 0.2) is 24.3 Å². The zero-order valence-corrected chi connectivity index (χ0v) is 10.2. The third-order valence-electron chi connectivity index (χ3n) is 3.20. The van der Waals surface area contributed by atoms with Crippen molar-refractivity contribution in [1.82, 2.24) is 10.2 Å². The maximum atomic E-state index is 12.3. The van der Waals surface area contributed by atoms with Crippen molar-refractivity contribution in [3.05, 3.63) is 29.8 Å². The molecular formula is C13H16N2O3. The maximum absolute atomic E-state index is 12.3. The topological polar surface area (TPSA) is 69.6 Å². The summed E-state index contributed by atoms with van der Waals surface area (Å²) in [4.78, 5) is 25.5. The Bertz CT molecular complexity index is 473. The van der Waals surface area contributed by atoms with Crippen LogP contribution in [0.25, 0.3) is 0 Å². The van der Waals surface area contributed by atoms with Gasteiger partial charge in [0.2, 0.25) is 5.91 Å². The summed E-state index contributed by atoms with van der Waals surface area (Å²) in [6.45, 7) is 0.547. The van der Waals surface area contributed by atoms with Crippen molar-refractivity contribution >= 4 is 11.8 Å². The highest BCUT2D eigenvalue weighted by Crippen LogP contribution is 2.24. The molecule has 1 aliphatic rings. The van der Waals surface area contributed by atoms with E-state index >= 15 is 0 Å². The summed E-state index contributed by atoms with van der Waals surface area (Å²) in [5, 5.41) is 12.2. The molecular weight excluding hydrogens is 232 g/mol. The van der Waals surface area contributed by atoms with Crippen LogP contribution in [0.1, 0.15) is 23.2 Å². The molecule has 5 heteroatoms. The van der Waals surface area contributed by atoms with Crippen molar-refractivity contribution in [2.75, 3.05) is 13.6 Å². The van der Waals surface area contributed by atoms with E-state index in [-0.39, 0.29) is 23.1 Å². The highest BCUT2D eigenvalue weighted by atomic mass is 16.3. The van der Waals surface area contributed by atoms with E-state index in [0.717, 1.165) is 6.42 Å². The summed E-state index contributed by atoms with van der Waals surface area (Å²) in [5.41, 5.74) is 0.244. The summed E-state index contributed by atoms with van der Waals surface area (Å²) in [6.07, 6.45) is 1.47. The summed E-state index contributed by atoms with van der Waals surface area (Å²) < 4.78 is 0. The molecule has 0 aromatic heterocycles. The fraction of sp³-hybridized carbons (Fsp3) is 0.385.